The Morgan fingerprint density at radius 1 is 1.30 bits per heavy atom. The summed E-state index contributed by atoms with van der Waals surface area (Å²) in [6.45, 7) is 2.64. The first-order chi connectivity index (χ1) is 9.79. The van der Waals surface area contributed by atoms with E-state index in [2.05, 4.69) is 31.4 Å². The Kier molecular flexibility index (Phi) is 6.38. The second-order valence-corrected chi connectivity index (χ2v) is 5.89. The van der Waals surface area contributed by atoms with Gasteiger partial charge in [-0.15, -0.1) is 5.10 Å². The number of methoxy groups -OCH3 is 1. The Labute approximate surface area is 130 Å². The summed E-state index contributed by atoms with van der Waals surface area (Å²) in [5.41, 5.74) is 1.09. The first kappa shape index (κ1) is 15.4. The van der Waals surface area contributed by atoms with Gasteiger partial charge in [0, 0.05) is 30.2 Å². The summed E-state index contributed by atoms with van der Waals surface area (Å²) in [6, 6.07) is 7.96. The van der Waals surface area contributed by atoms with Crippen LogP contribution in [0.25, 0.3) is 0 Å². The van der Waals surface area contributed by atoms with Gasteiger partial charge in [0.05, 0.1) is 6.61 Å². The molecule has 0 amide bonds. The van der Waals surface area contributed by atoms with Gasteiger partial charge in [-0.2, -0.15) is 0 Å². The zero-order chi connectivity index (χ0) is 14.2. The largest absolute Gasteiger partial charge is 0.464 e. The standard InChI is InChI=1S/C13H16BrN3O2S/c1-18-7-6-15-8-12-16-17-13(20-12)19-9-10-4-2-3-5-11(10)14/h2-5,15H,6-9H2,1H3. The molecule has 108 valence electrons. The average Bonchev–Trinajstić information content (AvgIpc) is 2.91. The van der Waals surface area contributed by atoms with Crippen molar-refractivity contribution in [1.29, 1.82) is 0 Å². The van der Waals surface area contributed by atoms with Crippen LogP contribution in [0.4, 0.5) is 0 Å². The predicted molar refractivity (Wildman–Crippen MR) is 82.0 cm³/mol. The third kappa shape index (κ3) is 4.82. The Morgan fingerprint density at radius 2 is 2.15 bits per heavy atom. The van der Waals surface area contributed by atoms with E-state index >= 15 is 0 Å². The Hall–Kier alpha value is -1.02. The van der Waals surface area contributed by atoms with Crippen LogP contribution in [-0.4, -0.2) is 30.5 Å². The van der Waals surface area contributed by atoms with E-state index in [4.69, 9.17) is 9.47 Å². The summed E-state index contributed by atoms with van der Waals surface area (Å²) < 4.78 is 11.6. The maximum Gasteiger partial charge on any atom is 0.294 e. The monoisotopic (exact) mass is 357 g/mol. The van der Waals surface area contributed by atoms with Gasteiger partial charge >= 0.3 is 0 Å². The predicted octanol–water partition coefficient (Wildman–Crippen LogP) is 2.62. The van der Waals surface area contributed by atoms with E-state index in [1.54, 1.807) is 7.11 Å². The molecule has 1 N–H and O–H groups in total. The Morgan fingerprint density at radius 3 is 2.95 bits per heavy atom. The van der Waals surface area contributed by atoms with Gasteiger partial charge in [0.15, 0.2) is 0 Å². The van der Waals surface area contributed by atoms with E-state index < -0.39 is 0 Å². The lowest BCUT2D eigenvalue weighted by Crippen LogP contribution is -2.18. The quantitative estimate of drug-likeness (QED) is 0.736. The fraction of sp³-hybridized carbons (Fsp3) is 0.385. The molecule has 0 saturated carbocycles. The van der Waals surface area contributed by atoms with E-state index in [0.717, 1.165) is 21.6 Å². The van der Waals surface area contributed by atoms with Crippen molar-refractivity contribution in [3.63, 3.8) is 0 Å². The van der Waals surface area contributed by atoms with E-state index in [-0.39, 0.29) is 0 Å². The number of nitrogens with one attached hydrogen (secondary N) is 1. The van der Waals surface area contributed by atoms with E-state index in [1.807, 2.05) is 24.3 Å². The molecule has 0 saturated heterocycles. The first-order valence-electron chi connectivity index (χ1n) is 6.18. The molecule has 0 fully saturated rings. The number of hydrogen-bond donors (Lipinski definition) is 1. The Bertz CT molecular complexity index is 536. The Balaban J connectivity index is 1.79. The molecule has 0 radical (unpaired) electrons. The topological polar surface area (TPSA) is 56.3 Å². The molecular weight excluding hydrogens is 342 g/mol. The minimum Gasteiger partial charge on any atom is -0.464 e. The molecule has 0 bridgehead atoms. The van der Waals surface area contributed by atoms with Gasteiger partial charge in [0.1, 0.15) is 11.6 Å². The van der Waals surface area contributed by atoms with Crippen LogP contribution in [0.1, 0.15) is 10.6 Å². The maximum absolute atomic E-state index is 5.64. The lowest BCUT2D eigenvalue weighted by molar-refractivity contribution is 0.199. The first-order valence-corrected chi connectivity index (χ1v) is 7.79. The summed E-state index contributed by atoms with van der Waals surface area (Å²) in [6.07, 6.45) is 0. The highest BCUT2D eigenvalue weighted by Gasteiger charge is 2.06. The van der Waals surface area contributed by atoms with Crippen molar-refractivity contribution in [2.24, 2.45) is 0 Å². The smallest absolute Gasteiger partial charge is 0.294 e. The maximum atomic E-state index is 5.64. The molecule has 0 aliphatic heterocycles. The average molecular weight is 358 g/mol. The van der Waals surface area contributed by atoms with Crippen LogP contribution in [-0.2, 0) is 17.9 Å². The van der Waals surface area contributed by atoms with Crippen LogP contribution in [0.5, 0.6) is 5.19 Å². The molecular formula is C13H16BrN3O2S. The summed E-state index contributed by atoms with van der Waals surface area (Å²) in [7, 11) is 1.68. The van der Waals surface area contributed by atoms with Crippen LogP contribution in [0, 0.1) is 0 Å². The fourth-order valence-electron chi connectivity index (χ4n) is 1.49. The third-order valence-electron chi connectivity index (χ3n) is 2.52. The normalized spacial score (nSPS) is 10.7. The second-order valence-electron chi connectivity index (χ2n) is 4.01. The van der Waals surface area contributed by atoms with E-state index in [9.17, 15) is 0 Å². The van der Waals surface area contributed by atoms with Gasteiger partial charge in [-0.05, 0) is 6.07 Å². The fourth-order valence-corrected chi connectivity index (χ4v) is 2.55. The summed E-state index contributed by atoms with van der Waals surface area (Å²) in [4.78, 5) is 0. The lowest BCUT2D eigenvalue weighted by Gasteiger charge is -2.03. The van der Waals surface area contributed by atoms with Crippen LogP contribution in [0.2, 0.25) is 0 Å². The highest BCUT2D eigenvalue weighted by Crippen LogP contribution is 2.21. The minimum absolute atomic E-state index is 0.479. The minimum atomic E-state index is 0.479. The molecule has 1 heterocycles. The SMILES string of the molecule is COCCNCc1nnc(OCc2ccccc2Br)s1. The van der Waals surface area contributed by atoms with Crippen LogP contribution >= 0.6 is 27.3 Å². The van der Waals surface area contributed by atoms with Gasteiger partial charge in [0.2, 0.25) is 0 Å². The molecule has 0 atom stereocenters. The molecule has 20 heavy (non-hydrogen) atoms. The van der Waals surface area contributed by atoms with Crippen LogP contribution in [0.15, 0.2) is 28.7 Å². The van der Waals surface area contributed by atoms with Crippen molar-refractivity contribution in [3.05, 3.63) is 39.3 Å². The molecule has 0 aliphatic rings. The van der Waals surface area contributed by atoms with Crippen molar-refractivity contribution < 1.29 is 9.47 Å². The van der Waals surface area contributed by atoms with Crippen molar-refractivity contribution in [1.82, 2.24) is 15.5 Å². The summed E-state index contributed by atoms with van der Waals surface area (Å²) in [5.74, 6) is 0. The van der Waals surface area contributed by atoms with Gasteiger partial charge < -0.3 is 14.8 Å². The molecule has 7 heteroatoms. The summed E-state index contributed by atoms with van der Waals surface area (Å²) >= 11 is 4.94. The third-order valence-corrected chi connectivity index (χ3v) is 4.13. The van der Waals surface area contributed by atoms with E-state index in [1.165, 1.54) is 11.3 Å². The van der Waals surface area contributed by atoms with Crippen LogP contribution < -0.4 is 10.1 Å². The number of ether oxygens (including phenoxy) is 2. The molecule has 1 aromatic carbocycles. The molecule has 2 aromatic rings. The number of halogens is 1. The van der Waals surface area contributed by atoms with Crippen LogP contribution in [0.3, 0.4) is 0 Å². The zero-order valence-corrected chi connectivity index (χ0v) is 13.5. The molecule has 0 aliphatic carbocycles. The number of benzene rings is 1. The highest BCUT2D eigenvalue weighted by molar-refractivity contribution is 9.10. The van der Waals surface area contributed by atoms with Crippen molar-refractivity contribution in [3.8, 4) is 5.19 Å². The summed E-state index contributed by atoms with van der Waals surface area (Å²) in [5, 5.41) is 12.8. The highest BCUT2D eigenvalue weighted by atomic mass is 79.9. The lowest BCUT2D eigenvalue weighted by atomic mass is 10.2. The number of nitrogens with zero attached hydrogens (tertiary/aromatic N) is 2. The van der Waals surface area contributed by atoms with E-state index in [0.29, 0.717) is 25.0 Å². The molecule has 5 nitrogen and oxygen atoms in total. The van der Waals surface area contributed by atoms with Crippen molar-refractivity contribution in [2.45, 2.75) is 13.2 Å². The molecule has 0 spiro atoms. The number of hydrogen-bond acceptors (Lipinski definition) is 6. The molecule has 1 aromatic heterocycles. The van der Waals surface area contributed by atoms with Crippen molar-refractivity contribution >= 4 is 27.3 Å². The second kappa shape index (κ2) is 8.31. The number of rotatable bonds is 8. The molecule has 2 rings (SSSR count). The number of aromatic nitrogens is 2. The van der Waals surface area contributed by atoms with Gasteiger partial charge in [-0.3, -0.25) is 0 Å². The van der Waals surface area contributed by atoms with Crippen molar-refractivity contribution in [2.75, 3.05) is 20.3 Å². The zero-order valence-electron chi connectivity index (χ0n) is 11.1. The van der Waals surface area contributed by atoms with Gasteiger partial charge in [-0.1, -0.05) is 50.6 Å². The molecule has 0 unspecified atom stereocenters. The van der Waals surface area contributed by atoms with Gasteiger partial charge in [0.25, 0.3) is 5.19 Å². The van der Waals surface area contributed by atoms with Gasteiger partial charge in [-0.25, -0.2) is 0 Å².